The molecule has 0 saturated carbocycles. The normalized spacial score (nSPS) is 20.8. The molecular weight excluding hydrogens is 164 g/mol. The van der Waals surface area contributed by atoms with Crippen molar-refractivity contribution in [3.05, 3.63) is 24.3 Å². The second-order valence-electron chi connectivity index (χ2n) is 3.35. The van der Waals surface area contributed by atoms with E-state index in [0.717, 1.165) is 17.9 Å². The van der Waals surface area contributed by atoms with Crippen molar-refractivity contribution in [3.8, 4) is 0 Å². The lowest BCUT2D eigenvalue weighted by Crippen LogP contribution is -2.43. The minimum absolute atomic E-state index is 0.190. The second-order valence-corrected chi connectivity index (χ2v) is 3.35. The van der Waals surface area contributed by atoms with Gasteiger partial charge in [0.25, 0.3) is 0 Å². The molecule has 70 valence electrons. The Bertz CT molecular complexity index is 301. The van der Waals surface area contributed by atoms with E-state index in [1.165, 1.54) is 0 Å². The van der Waals surface area contributed by atoms with Crippen LogP contribution in [0.2, 0.25) is 0 Å². The Hall–Kier alpha value is -1.22. The number of rotatable bonds is 1. The molecular formula is C10H14N2O. The molecule has 1 aromatic carbocycles. The van der Waals surface area contributed by atoms with Crippen LogP contribution < -0.4 is 10.2 Å². The minimum Gasteiger partial charge on any atom is -0.394 e. The van der Waals surface area contributed by atoms with Gasteiger partial charge in [-0.25, -0.2) is 0 Å². The summed E-state index contributed by atoms with van der Waals surface area (Å²) in [5.74, 6) is 0. The summed E-state index contributed by atoms with van der Waals surface area (Å²) >= 11 is 0. The minimum atomic E-state index is 0.190. The maximum atomic E-state index is 9.11. The number of nitrogens with one attached hydrogen (secondary N) is 1. The number of aliphatic hydroxyl groups excluding tert-OH is 1. The first kappa shape index (κ1) is 8.38. The number of hydrogen-bond acceptors (Lipinski definition) is 3. The van der Waals surface area contributed by atoms with Gasteiger partial charge in [-0.2, -0.15) is 0 Å². The standard InChI is InChI=1S/C10H14N2O/c1-12-8(7-13)6-11-9-4-2-3-5-10(9)12/h2-5,8,11,13H,6-7H2,1H3. The van der Waals surface area contributed by atoms with Gasteiger partial charge in [0.2, 0.25) is 0 Å². The van der Waals surface area contributed by atoms with Crippen LogP contribution in [0.4, 0.5) is 11.4 Å². The quantitative estimate of drug-likeness (QED) is 0.671. The molecule has 0 spiro atoms. The van der Waals surface area contributed by atoms with Gasteiger partial charge in [-0.15, -0.1) is 0 Å². The van der Waals surface area contributed by atoms with Crippen molar-refractivity contribution in [2.24, 2.45) is 0 Å². The van der Waals surface area contributed by atoms with Crippen LogP contribution in [0.5, 0.6) is 0 Å². The van der Waals surface area contributed by atoms with Crippen molar-refractivity contribution in [2.45, 2.75) is 6.04 Å². The number of nitrogens with zero attached hydrogens (tertiary/aromatic N) is 1. The van der Waals surface area contributed by atoms with Crippen LogP contribution >= 0.6 is 0 Å². The molecule has 0 aromatic heterocycles. The molecule has 1 atom stereocenters. The van der Waals surface area contributed by atoms with Gasteiger partial charge in [0.15, 0.2) is 0 Å². The van der Waals surface area contributed by atoms with E-state index in [1.54, 1.807) is 0 Å². The maximum absolute atomic E-state index is 9.11. The molecule has 0 radical (unpaired) electrons. The van der Waals surface area contributed by atoms with Crippen LogP contribution in [0, 0.1) is 0 Å². The Kier molecular flexibility index (Phi) is 2.10. The summed E-state index contributed by atoms with van der Waals surface area (Å²) in [5.41, 5.74) is 2.31. The fraction of sp³-hybridized carbons (Fsp3) is 0.400. The zero-order valence-electron chi connectivity index (χ0n) is 7.70. The van der Waals surface area contributed by atoms with E-state index in [9.17, 15) is 0 Å². The summed E-state index contributed by atoms with van der Waals surface area (Å²) in [6, 6.07) is 8.33. The number of para-hydroxylation sites is 2. The molecule has 1 aliphatic heterocycles. The highest BCUT2D eigenvalue weighted by Gasteiger charge is 2.21. The third-order valence-corrected chi connectivity index (χ3v) is 2.57. The maximum Gasteiger partial charge on any atom is 0.0690 e. The lowest BCUT2D eigenvalue weighted by Gasteiger charge is -2.35. The number of anilines is 2. The Morgan fingerprint density at radius 3 is 3.08 bits per heavy atom. The molecule has 1 unspecified atom stereocenters. The van der Waals surface area contributed by atoms with Gasteiger partial charge in [0, 0.05) is 13.6 Å². The average Bonchev–Trinajstić information content (AvgIpc) is 2.19. The van der Waals surface area contributed by atoms with Crippen LogP contribution in [0.1, 0.15) is 0 Å². The van der Waals surface area contributed by atoms with Gasteiger partial charge >= 0.3 is 0 Å². The summed E-state index contributed by atoms with van der Waals surface area (Å²) in [6.07, 6.45) is 0. The van der Waals surface area contributed by atoms with Gasteiger partial charge in [-0.1, -0.05) is 12.1 Å². The second kappa shape index (κ2) is 3.26. The van der Waals surface area contributed by atoms with Crippen molar-refractivity contribution < 1.29 is 5.11 Å². The van der Waals surface area contributed by atoms with Crippen LogP contribution in [0.3, 0.4) is 0 Å². The number of benzene rings is 1. The van der Waals surface area contributed by atoms with Gasteiger partial charge < -0.3 is 15.3 Å². The van der Waals surface area contributed by atoms with Crippen LogP contribution in [0.15, 0.2) is 24.3 Å². The van der Waals surface area contributed by atoms with Crippen molar-refractivity contribution in [2.75, 3.05) is 30.4 Å². The van der Waals surface area contributed by atoms with E-state index in [4.69, 9.17) is 5.11 Å². The van der Waals surface area contributed by atoms with E-state index in [1.807, 2.05) is 19.2 Å². The number of fused-ring (bicyclic) bond motifs is 1. The molecule has 0 saturated heterocycles. The van der Waals surface area contributed by atoms with E-state index in [0.29, 0.717) is 0 Å². The lowest BCUT2D eigenvalue weighted by atomic mass is 10.1. The largest absolute Gasteiger partial charge is 0.394 e. The van der Waals surface area contributed by atoms with Crippen molar-refractivity contribution in [3.63, 3.8) is 0 Å². The number of likely N-dealkylation sites (N-methyl/N-ethyl adjacent to an activating group) is 1. The first-order valence-electron chi connectivity index (χ1n) is 4.49. The molecule has 0 aliphatic carbocycles. The zero-order chi connectivity index (χ0) is 9.26. The fourth-order valence-electron chi connectivity index (χ4n) is 1.68. The molecule has 1 aromatic rings. The third-order valence-electron chi connectivity index (χ3n) is 2.57. The highest BCUT2D eigenvalue weighted by molar-refractivity contribution is 5.72. The zero-order valence-corrected chi connectivity index (χ0v) is 7.70. The van der Waals surface area contributed by atoms with E-state index < -0.39 is 0 Å². The van der Waals surface area contributed by atoms with Crippen molar-refractivity contribution in [1.82, 2.24) is 0 Å². The van der Waals surface area contributed by atoms with Crippen LogP contribution in [-0.2, 0) is 0 Å². The fourth-order valence-corrected chi connectivity index (χ4v) is 1.68. The molecule has 0 fully saturated rings. The highest BCUT2D eigenvalue weighted by Crippen LogP contribution is 2.29. The molecule has 2 N–H and O–H groups in total. The Morgan fingerprint density at radius 1 is 1.54 bits per heavy atom. The molecule has 13 heavy (non-hydrogen) atoms. The van der Waals surface area contributed by atoms with E-state index >= 15 is 0 Å². The summed E-state index contributed by atoms with van der Waals surface area (Å²) < 4.78 is 0. The Balaban J connectivity index is 2.33. The molecule has 0 bridgehead atoms. The molecule has 3 heteroatoms. The van der Waals surface area contributed by atoms with E-state index in [2.05, 4.69) is 22.3 Å². The summed E-state index contributed by atoms with van der Waals surface area (Å²) in [4.78, 5) is 2.12. The SMILES string of the molecule is CN1c2ccccc2NCC1CO. The van der Waals surface area contributed by atoms with Crippen molar-refractivity contribution >= 4 is 11.4 Å². The van der Waals surface area contributed by atoms with E-state index in [-0.39, 0.29) is 12.6 Å². The van der Waals surface area contributed by atoms with Gasteiger partial charge in [0.05, 0.1) is 24.0 Å². The predicted molar refractivity (Wildman–Crippen MR) is 54.2 cm³/mol. The molecule has 3 nitrogen and oxygen atoms in total. The smallest absolute Gasteiger partial charge is 0.0690 e. The summed E-state index contributed by atoms with van der Waals surface area (Å²) in [6.45, 7) is 1.00. The number of aliphatic hydroxyl groups is 1. The number of hydrogen-bond donors (Lipinski definition) is 2. The lowest BCUT2D eigenvalue weighted by molar-refractivity contribution is 0.265. The first-order valence-corrected chi connectivity index (χ1v) is 4.49. The molecule has 0 amide bonds. The Labute approximate surface area is 78.0 Å². The van der Waals surface area contributed by atoms with Gasteiger partial charge in [-0.3, -0.25) is 0 Å². The van der Waals surface area contributed by atoms with Gasteiger partial charge in [-0.05, 0) is 12.1 Å². The third kappa shape index (κ3) is 1.35. The first-order chi connectivity index (χ1) is 6.33. The monoisotopic (exact) mass is 178 g/mol. The van der Waals surface area contributed by atoms with Crippen LogP contribution in [-0.4, -0.2) is 31.3 Å². The molecule has 1 aliphatic rings. The van der Waals surface area contributed by atoms with Crippen molar-refractivity contribution in [1.29, 1.82) is 0 Å². The Morgan fingerprint density at radius 2 is 2.31 bits per heavy atom. The predicted octanol–water partition coefficient (Wildman–Crippen LogP) is 0.909. The summed E-state index contributed by atoms with van der Waals surface area (Å²) in [7, 11) is 2.01. The average molecular weight is 178 g/mol. The summed E-state index contributed by atoms with van der Waals surface area (Å²) in [5, 5.41) is 12.4. The topological polar surface area (TPSA) is 35.5 Å². The van der Waals surface area contributed by atoms with Crippen LogP contribution in [0.25, 0.3) is 0 Å². The molecule has 1 heterocycles. The van der Waals surface area contributed by atoms with Gasteiger partial charge in [0.1, 0.15) is 0 Å². The highest BCUT2D eigenvalue weighted by atomic mass is 16.3. The molecule has 2 rings (SSSR count).